The van der Waals surface area contributed by atoms with E-state index in [0.717, 1.165) is 17.7 Å². The van der Waals surface area contributed by atoms with Crippen molar-refractivity contribution >= 4 is 23.5 Å². The van der Waals surface area contributed by atoms with Crippen molar-refractivity contribution in [3.05, 3.63) is 22.4 Å². The van der Waals surface area contributed by atoms with Crippen molar-refractivity contribution in [1.29, 1.82) is 0 Å². The molecule has 1 unspecified atom stereocenters. The number of carbonyl (C=O) groups is 2. The van der Waals surface area contributed by atoms with Crippen molar-refractivity contribution < 1.29 is 23.8 Å². The minimum absolute atomic E-state index is 0.116. The van der Waals surface area contributed by atoms with E-state index in [1.54, 1.807) is 16.2 Å². The number of nitrogens with one attached hydrogen (secondary N) is 1. The van der Waals surface area contributed by atoms with Crippen LogP contribution in [0.3, 0.4) is 0 Å². The second-order valence-electron chi connectivity index (χ2n) is 7.55. The zero-order valence-electron chi connectivity index (χ0n) is 16.5. The predicted octanol–water partition coefficient (Wildman–Crippen LogP) is 3.81. The second-order valence-corrected chi connectivity index (χ2v) is 8.53. The summed E-state index contributed by atoms with van der Waals surface area (Å²) in [6.45, 7) is 7.67. The Morgan fingerprint density at radius 3 is 2.81 bits per heavy atom. The maximum Gasteiger partial charge on any atom is 0.410 e. The largest absolute Gasteiger partial charge is 0.453 e. The van der Waals surface area contributed by atoms with Gasteiger partial charge in [0.2, 0.25) is 0 Å². The molecule has 0 bridgehead atoms. The SMILES string of the molecule is COC(=O)NCCO[C@@H](c1cccs1)C1CCCN(C(=O)OC(C)(C)C)C1. The Labute approximate surface area is 165 Å². The van der Waals surface area contributed by atoms with Gasteiger partial charge in [-0.05, 0) is 45.1 Å². The first-order chi connectivity index (χ1) is 12.8. The van der Waals surface area contributed by atoms with Crippen LogP contribution in [0.15, 0.2) is 17.5 Å². The van der Waals surface area contributed by atoms with Crippen LogP contribution in [0.25, 0.3) is 0 Å². The van der Waals surface area contributed by atoms with Crippen LogP contribution in [0.4, 0.5) is 9.59 Å². The highest BCUT2D eigenvalue weighted by molar-refractivity contribution is 7.10. The standard InChI is InChI=1S/C19H30N2O5S/c1-19(2,3)26-18(23)21-10-5-7-14(13-21)16(15-8-6-12-27-15)25-11-9-20-17(22)24-4/h6,8,12,14,16H,5,7,9-11,13H2,1-4H3,(H,20,22)/t14?,16-/m1/s1. The van der Waals surface area contributed by atoms with E-state index in [1.165, 1.54) is 7.11 Å². The number of hydrogen-bond donors (Lipinski definition) is 1. The Kier molecular flexibility index (Phi) is 7.91. The Morgan fingerprint density at radius 2 is 2.19 bits per heavy atom. The average Bonchev–Trinajstić information content (AvgIpc) is 3.14. The smallest absolute Gasteiger partial charge is 0.410 e. The molecule has 0 radical (unpaired) electrons. The van der Waals surface area contributed by atoms with Crippen molar-refractivity contribution in [3.63, 3.8) is 0 Å². The molecule has 1 N–H and O–H groups in total. The molecule has 2 heterocycles. The maximum absolute atomic E-state index is 12.4. The summed E-state index contributed by atoms with van der Waals surface area (Å²) in [4.78, 5) is 26.5. The van der Waals surface area contributed by atoms with Gasteiger partial charge in [0.1, 0.15) is 5.60 Å². The predicted molar refractivity (Wildman–Crippen MR) is 104 cm³/mol. The topological polar surface area (TPSA) is 77.1 Å². The van der Waals surface area contributed by atoms with E-state index in [4.69, 9.17) is 9.47 Å². The molecule has 27 heavy (non-hydrogen) atoms. The summed E-state index contributed by atoms with van der Waals surface area (Å²) in [6, 6.07) is 4.05. The highest BCUT2D eigenvalue weighted by Crippen LogP contribution is 2.35. The molecule has 0 aliphatic carbocycles. The number of hydrogen-bond acceptors (Lipinski definition) is 6. The zero-order chi connectivity index (χ0) is 19.9. The molecular formula is C19H30N2O5S. The monoisotopic (exact) mass is 398 g/mol. The van der Waals surface area contributed by atoms with Crippen LogP contribution in [-0.2, 0) is 14.2 Å². The van der Waals surface area contributed by atoms with E-state index in [9.17, 15) is 9.59 Å². The number of ether oxygens (including phenoxy) is 3. The zero-order valence-corrected chi connectivity index (χ0v) is 17.3. The fourth-order valence-corrected chi connectivity index (χ4v) is 3.93. The van der Waals surface area contributed by atoms with Crippen LogP contribution in [0.5, 0.6) is 0 Å². The molecular weight excluding hydrogens is 368 g/mol. The van der Waals surface area contributed by atoms with Crippen LogP contribution >= 0.6 is 11.3 Å². The van der Waals surface area contributed by atoms with Gasteiger partial charge in [0.05, 0.1) is 19.8 Å². The first-order valence-corrected chi connectivity index (χ1v) is 10.1. The third-order valence-corrected chi connectivity index (χ3v) is 5.15. The van der Waals surface area contributed by atoms with Crippen molar-refractivity contribution in [2.45, 2.75) is 45.3 Å². The van der Waals surface area contributed by atoms with Crippen molar-refractivity contribution in [1.82, 2.24) is 10.2 Å². The van der Waals surface area contributed by atoms with Gasteiger partial charge in [0.25, 0.3) is 0 Å². The van der Waals surface area contributed by atoms with Gasteiger partial charge in [-0.15, -0.1) is 11.3 Å². The van der Waals surface area contributed by atoms with E-state index < -0.39 is 11.7 Å². The summed E-state index contributed by atoms with van der Waals surface area (Å²) >= 11 is 1.64. The van der Waals surface area contributed by atoms with Crippen molar-refractivity contribution in [3.8, 4) is 0 Å². The van der Waals surface area contributed by atoms with Gasteiger partial charge in [0.15, 0.2) is 0 Å². The number of likely N-dealkylation sites (tertiary alicyclic amines) is 1. The maximum atomic E-state index is 12.4. The highest BCUT2D eigenvalue weighted by atomic mass is 32.1. The molecule has 0 saturated carbocycles. The molecule has 152 valence electrons. The summed E-state index contributed by atoms with van der Waals surface area (Å²) in [5, 5.41) is 4.64. The number of rotatable bonds is 6. The van der Waals surface area contributed by atoms with Crippen LogP contribution in [0.1, 0.15) is 44.6 Å². The first-order valence-electron chi connectivity index (χ1n) is 9.25. The van der Waals surface area contributed by atoms with Gasteiger partial charge >= 0.3 is 12.2 Å². The fourth-order valence-electron chi connectivity index (χ4n) is 3.06. The normalized spacial score (nSPS) is 18.7. The van der Waals surface area contributed by atoms with Crippen LogP contribution in [0.2, 0.25) is 0 Å². The lowest BCUT2D eigenvalue weighted by atomic mass is 9.91. The third kappa shape index (κ3) is 7.03. The van der Waals surface area contributed by atoms with E-state index in [0.29, 0.717) is 26.2 Å². The molecule has 1 aliphatic heterocycles. The Balaban J connectivity index is 1.97. The Hall–Kier alpha value is -1.80. The van der Waals surface area contributed by atoms with Crippen LogP contribution in [-0.4, -0.2) is 56.0 Å². The minimum Gasteiger partial charge on any atom is -0.453 e. The Morgan fingerprint density at radius 1 is 1.41 bits per heavy atom. The first kappa shape index (κ1) is 21.5. The lowest BCUT2D eigenvalue weighted by molar-refractivity contribution is -0.0231. The molecule has 1 aromatic rings. The van der Waals surface area contributed by atoms with Crippen LogP contribution < -0.4 is 5.32 Å². The summed E-state index contributed by atoms with van der Waals surface area (Å²) < 4.78 is 16.2. The van der Waals surface area contributed by atoms with E-state index in [-0.39, 0.29) is 18.1 Å². The average molecular weight is 399 g/mol. The fraction of sp³-hybridized carbons (Fsp3) is 0.684. The van der Waals surface area contributed by atoms with Gasteiger partial charge in [-0.1, -0.05) is 6.07 Å². The molecule has 1 fully saturated rings. The number of thiophene rings is 1. The molecule has 1 aliphatic rings. The summed E-state index contributed by atoms with van der Waals surface area (Å²) in [7, 11) is 1.33. The molecule has 7 nitrogen and oxygen atoms in total. The van der Waals surface area contributed by atoms with E-state index >= 15 is 0 Å². The van der Waals surface area contributed by atoms with Crippen molar-refractivity contribution in [2.75, 3.05) is 33.4 Å². The molecule has 2 atom stereocenters. The van der Waals surface area contributed by atoms with Crippen LogP contribution in [0, 0.1) is 5.92 Å². The summed E-state index contributed by atoms with van der Waals surface area (Å²) in [5.41, 5.74) is -0.507. The molecule has 0 aromatic carbocycles. The second kappa shape index (κ2) is 9.94. The van der Waals surface area contributed by atoms with E-state index in [1.807, 2.05) is 32.2 Å². The molecule has 8 heteroatoms. The minimum atomic E-state index is -0.507. The quantitative estimate of drug-likeness (QED) is 0.738. The molecule has 1 saturated heterocycles. The number of piperidine rings is 1. The van der Waals surface area contributed by atoms with Gasteiger partial charge in [-0.3, -0.25) is 0 Å². The number of alkyl carbamates (subject to hydrolysis) is 1. The van der Waals surface area contributed by atoms with Gasteiger partial charge in [-0.2, -0.15) is 0 Å². The molecule has 1 aromatic heterocycles. The number of carbonyl (C=O) groups excluding carboxylic acids is 2. The Bertz CT molecular complexity index is 600. The van der Waals surface area contributed by atoms with Gasteiger partial charge in [-0.25, -0.2) is 9.59 Å². The summed E-state index contributed by atoms with van der Waals surface area (Å²) in [6.07, 6.45) is 1.03. The number of methoxy groups -OCH3 is 1. The number of nitrogens with zero attached hydrogens (tertiary/aromatic N) is 1. The molecule has 0 spiro atoms. The molecule has 2 rings (SSSR count). The lowest BCUT2D eigenvalue weighted by Crippen LogP contribution is -2.44. The summed E-state index contributed by atoms with van der Waals surface area (Å²) in [5.74, 6) is 0.183. The van der Waals surface area contributed by atoms with E-state index in [2.05, 4.69) is 16.1 Å². The third-order valence-electron chi connectivity index (χ3n) is 4.22. The van der Waals surface area contributed by atoms with Gasteiger partial charge < -0.3 is 24.4 Å². The molecule has 2 amide bonds. The van der Waals surface area contributed by atoms with Gasteiger partial charge in [0, 0.05) is 30.4 Å². The van der Waals surface area contributed by atoms with Crippen molar-refractivity contribution in [2.24, 2.45) is 5.92 Å². The lowest BCUT2D eigenvalue weighted by Gasteiger charge is -2.37. The highest BCUT2D eigenvalue weighted by Gasteiger charge is 2.33. The number of amides is 2.